The summed E-state index contributed by atoms with van der Waals surface area (Å²) in [5, 5.41) is 3.31. The maximum atomic E-state index is 12.2. The molecular weight excluding hydrogens is 238 g/mol. The summed E-state index contributed by atoms with van der Waals surface area (Å²) in [5.41, 5.74) is 1.46. The summed E-state index contributed by atoms with van der Waals surface area (Å²) in [6.07, 6.45) is 3.79. The van der Waals surface area contributed by atoms with E-state index in [1.807, 2.05) is 19.2 Å². The molecular formula is C15H25N3O. The molecule has 1 heterocycles. The molecule has 4 nitrogen and oxygen atoms in total. The first-order chi connectivity index (χ1) is 9.04. The molecule has 1 N–H and O–H groups in total. The standard InChI is InChI=1S/C15H25N3O/c1-5-6-9-18(4)15(19)14-10-13(7-8-16-14)17-11-12(2)3/h7-8,10,12H,5-6,9,11H2,1-4H3,(H,16,17). The van der Waals surface area contributed by atoms with Crippen molar-refractivity contribution in [3.63, 3.8) is 0 Å². The van der Waals surface area contributed by atoms with Gasteiger partial charge >= 0.3 is 0 Å². The van der Waals surface area contributed by atoms with Crippen LogP contribution in [0.3, 0.4) is 0 Å². The molecule has 4 heteroatoms. The molecule has 0 saturated heterocycles. The van der Waals surface area contributed by atoms with E-state index in [2.05, 4.69) is 31.1 Å². The average Bonchev–Trinajstić information content (AvgIpc) is 2.42. The number of hydrogen-bond acceptors (Lipinski definition) is 3. The van der Waals surface area contributed by atoms with Crippen LogP contribution in [0.1, 0.15) is 44.1 Å². The molecule has 1 rings (SSSR count). The third-order valence-corrected chi connectivity index (χ3v) is 2.89. The minimum Gasteiger partial charge on any atom is -0.385 e. The first-order valence-corrected chi connectivity index (χ1v) is 7.00. The van der Waals surface area contributed by atoms with Crippen LogP contribution in [0.25, 0.3) is 0 Å². The van der Waals surface area contributed by atoms with E-state index in [0.717, 1.165) is 31.6 Å². The predicted molar refractivity (Wildman–Crippen MR) is 79.4 cm³/mol. The molecule has 0 aliphatic carbocycles. The van der Waals surface area contributed by atoms with Crippen molar-refractivity contribution in [1.29, 1.82) is 0 Å². The van der Waals surface area contributed by atoms with Gasteiger partial charge in [-0.2, -0.15) is 0 Å². The van der Waals surface area contributed by atoms with Crippen LogP contribution in [0, 0.1) is 5.92 Å². The van der Waals surface area contributed by atoms with Crippen molar-refractivity contribution in [2.75, 3.05) is 25.5 Å². The normalized spacial score (nSPS) is 10.6. The van der Waals surface area contributed by atoms with Crippen molar-refractivity contribution >= 4 is 11.6 Å². The summed E-state index contributed by atoms with van der Waals surface area (Å²) in [6, 6.07) is 3.72. The van der Waals surface area contributed by atoms with E-state index < -0.39 is 0 Å². The number of carbonyl (C=O) groups excluding carboxylic acids is 1. The van der Waals surface area contributed by atoms with E-state index in [-0.39, 0.29) is 5.91 Å². The lowest BCUT2D eigenvalue weighted by atomic mass is 10.2. The van der Waals surface area contributed by atoms with Crippen LogP contribution in [0.5, 0.6) is 0 Å². The molecule has 0 spiro atoms. The van der Waals surface area contributed by atoms with E-state index in [0.29, 0.717) is 11.6 Å². The van der Waals surface area contributed by atoms with Gasteiger partial charge in [-0.05, 0) is 24.5 Å². The Labute approximate surface area is 116 Å². The van der Waals surface area contributed by atoms with Gasteiger partial charge in [-0.3, -0.25) is 9.78 Å². The Balaban J connectivity index is 2.67. The highest BCUT2D eigenvalue weighted by Crippen LogP contribution is 2.10. The molecule has 0 radical (unpaired) electrons. The number of aromatic nitrogens is 1. The van der Waals surface area contributed by atoms with Crippen molar-refractivity contribution in [2.24, 2.45) is 5.92 Å². The molecule has 1 amide bonds. The van der Waals surface area contributed by atoms with E-state index in [9.17, 15) is 4.79 Å². The minimum atomic E-state index is -0.0124. The molecule has 0 fully saturated rings. The number of rotatable bonds is 7. The quantitative estimate of drug-likeness (QED) is 0.822. The molecule has 1 aromatic rings. The van der Waals surface area contributed by atoms with Gasteiger partial charge in [0.25, 0.3) is 5.91 Å². The molecule has 0 atom stereocenters. The highest BCUT2D eigenvalue weighted by Gasteiger charge is 2.12. The average molecular weight is 263 g/mol. The second-order valence-electron chi connectivity index (χ2n) is 5.28. The molecule has 0 unspecified atom stereocenters. The second-order valence-corrected chi connectivity index (χ2v) is 5.28. The van der Waals surface area contributed by atoms with Gasteiger partial charge in [-0.25, -0.2) is 0 Å². The summed E-state index contributed by atoms with van der Waals surface area (Å²) in [5.74, 6) is 0.557. The lowest BCUT2D eigenvalue weighted by Crippen LogP contribution is -2.28. The van der Waals surface area contributed by atoms with Gasteiger partial charge in [0.2, 0.25) is 0 Å². The highest BCUT2D eigenvalue weighted by molar-refractivity contribution is 5.92. The van der Waals surface area contributed by atoms with Crippen LogP contribution in [-0.2, 0) is 0 Å². The van der Waals surface area contributed by atoms with Crippen LogP contribution in [0.2, 0.25) is 0 Å². The molecule has 0 aliphatic heterocycles. The van der Waals surface area contributed by atoms with Crippen LogP contribution < -0.4 is 5.32 Å². The number of anilines is 1. The van der Waals surface area contributed by atoms with E-state index >= 15 is 0 Å². The Morgan fingerprint density at radius 2 is 2.21 bits per heavy atom. The van der Waals surface area contributed by atoms with Gasteiger partial charge in [0.05, 0.1) is 0 Å². The monoisotopic (exact) mass is 263 g/mol. The van der Waals surface area contributed by atoms with Crippen LogP contribution in [0.15, 0.2) is 18.3 Å². The van der Waals surface area contributed by atoms with E-state index in [1.54, 1.807) is 11.1 Å². The SMILES string of the molecule is CCCCN(C)C(=O)c1cc(NCC(C)C)ccn1. The van der Waals surface area contributed by atoms with Gasteiger partial charge in [0.1, 0.15) is 5.69 Å². The fraction of sp³-hybridized carbons (Fsp3) is 0.600. The first-order valence-electron chi connectivity index (χ1n) is 7.00. The number of carbonyl (C=O) groups is 1. The summed E-state index contributed by atoms with van der Waals surface area (Å²) < 4.78 is 0. The summed E-state index contributed by atoms with van der Waals surface area (Å²) in [4.78, 5) is 18.1. The Bertz CT molecular complexity index is 404. The topological polar surface area (TPSA) is 45.2 Å². The molecule has 0 aliphatic rings. The highest BCUT2D eigenvalue weighted by atomic mass is 16.2. The molecule has 106 valence electrons. The third-order valence-electron chi connectivity index (χ3n) is 2.89. The zero-order valence-electron chi connectivity index (χ0n) is 12.4. The number of hydrogen-bond donors (Lipinski definition) is 1. The van der Waals surface area contributed by atoms with Crippen molar-refractivity contribution in [3.8, 4) is 0 Å². The Morgan fingerprint density at radius 1 is 1.47 bits per heavy atom. The Kier molecular flexibility index (Phi) is 6.33. The van der Waals surface area contributed by atoms with Gasteiger partial charge in [0, 0.05) is 32.0 Å². The number of amides is 1. The van der Waals surface area contributed by atoms with Crippen LogP contribution >= 0.6 is 0 Å². The minimum absolute atomic E-state index is 0.0124. The smallest absolute Gasteiger partial charge is 0.272 e. The fourth-order valence-electron chi connectivity index (χ4n) is 1.67. The second kappa shape index (κ2) is 7.77. The largest absolute Gasteiger partial charge is 0.385 e. The summed E-state index contributed by atoms with van der Waals surface area (Å²) in [6.45, 7) is 8.09. The summed E-state index contributed by atoms with van der Waals surface area (Å²) in [7, 11) is 1.83. The maximum absolute atomic E-state index is 12.2. The lowest BCUT2D eigenvalue weighted by molar-refractivity contribution is 0.0787. The van der Waals surface area contributed by atoms with E-state index in [1.165, 1.54) is 0 Å². The summed E-state index contributed by atoms with van der Waals surface area (Å²) >= 11 is 0. The zero-order chi connectivity index (χ0) is 14.3. The number of pyridine rings is 1. The molecule has 0 saturated carbocycles. The Hall–Kier alpha value is -1.58. The first kappa shape index (κ1) is 15.5. The van der Waals surface area contributed by atoms with Gasteiger partial charge in [-0.1, -0.05) is 27.2 Å². The fourth-order valence-corrected chi connectivity index (χ4v) is 1.67. The lowest BCUT2D eigenvalue weighted by Gasteiger charge is -2.16. The van der Waals surface area contributed by atoms with Crippen molar-refractivity contribution in [2.45, 2.75) is 33.6 Å². The van der Waals surface area contributed by atoms with Gasteiger partial charge in [0.15, 0.2) is 0 Å². The van der Waals surface area contributed by atoms with Crippen molar-refractivity contribution in [1.82, 2.24) is 9.88 Å². The van der Waals surface area contributed by atoms with Crippen molar-refractivity contribution in [3.05, 3.63) is 24.0 Å². The number of nitrogens with zero attached hydrogens (tertiary/aromatic N) is 2. The Morgan fingerprint density at radius 3 is 2.84 bits per heavy atom. The third kappa shape index (κ3) is 5.28. The maximum Gasteiger partial charge on any atom is 0.272 e. The molecule has 0 bridgehead atoms. The van der Waals surface area contributed by atoms with Gasteiger partial charge < -0.3 is 10.2 Å². The molecule has 19 heavy (non-hydrogen) atoms. The van der Waals surface area contributed by atoms with Crippen molar-refractivity contribution < 1.29 is 4.79 Å². The molecule has 1 aromatic heterocycles. The number of nitrogens with one attached hydrogen (secondary N) is 1. The van der Waals surface area contributed by atoms with Crippen LogP contribution in [0.4, 0.5) is 5.69 Å². The van der Waals surface area contributed by atoms with Gasteiger partial charge in [-0.15, -0.1) is 0 Å². The van der Waals surface area contributed by atoms with E-state index in [4.69, 9.17) is 0 Å². The zero-order valence-corrected chi connectivity index (χ0v) is 12.4. The molecule has 0 aromatic carbocycles. The number of unbranched alkanes of at least 4 members (excludes halogenated alkanes) is 1. The predicted octanol–water partition coefficient (Wildman–Crippen LogP) is 3.02. The van der Waals surface area contributed by atoms with Crippen LogP contribution in [-0.4, -0.2) is 35.9 Å².